The fraction of sp³-hybridized carbons (Fsp3) is 0.600. The Morgan fingerprint density at radius 3 is 2.94 bits per heavy atom. The third kappa shape index (κ3) is 5.61. The second-order valence-electron chi connectivity index (χ2n) is 3.37. The van der Waals surface area contributed by atoms with E-state index in [-0.39, 0.29) is 0 Å². The summed E-state index contributed by atoms with van der Waals surface area (Å²) in [6.45, 7) is 2.67. The van der Waals surface area contributed by atoms with Gasteiger partial charge in [0.1, 0.15) is 5.69 Å². The largest absolute Gasteiger partial charge is 0.429 e. The first-order chi connectivity index (χ1) is 8.13. The fourth-order valence-corrected chi connectivity index (χ4v) is 2.45. The molecule has 0 aliphatic rings. The number of thioether (sulfide) groups is 1. The number of rotatable bonds is 6. The minimum atomic E-state index is 0.407. The molecule has 1 rings (SSSR count). The van der Waals surface area contributed by atoms with E-state index in [1.54, 1.807) is 25.7 Å². The standard InChI is InChI=1S/C10H16ClN3OS2/c1-7-14-8(9(11)15-7)6-17-5-3-4-13-10(16)12-2/h3-6H2,1-2H3,(H2,12,13,16). The zero-order chi connectivity index (χ0) is 12.7. The second-order valence-corrected chi connectivity index (χ2v) is 5.22. The number of nitrogens with one attached hydrogen (secondary N) is 2. The highest BCUT2D eigenvalue weighted by Crippen LogP contribution is 2.21. The van der Waals surface area contributed by atoms with Crippen molar-refractivity contribution in [2.24, 2.45) is 0 Å². The van der Waals surface area contributed by atoms with Crippen LogP contribution < -0.4 is 10.6 Å². The molecule has 0 unspecified atom stereocenters. The first kappa shape index (κ1) is 14.6. The zero-order valence-corrected chi connectivity index (χ0v) is 12.3. The Morgan fingerprint density at radius 2 is 2.35 bits per heavy atom. The van der Waals surface area contributed by atoms with Gasteiger partial charge in [0.2, 0.25) is 5.22 Å². The normalized spacial score (nSPS) is 10.3. The summed E-state index contributed by atoms with van der Waals surface area (Å²) in [5.41, 5.74) is 0.827. The van der Waals surface area contributed by atoms with Crippen LogP contribution >= 0.6 is 35.6 Å². The van der Waals surface area contributed by atoms with Crippen molar-refractivity contribution in [1.82, 2.24) is 15.6 Å². The van der Waals surface area contributed by atoms with E-state index in [0.29, 0.717) is 16.2 Å². The maximum absolute atomic E-state index is 5.87. The van der Waals surface area contributed by atoms with E-state index in [1.807, 2.05) is 0 Å². The van der Waals surface area contributed by atoms with Crippen molar-refractivity contribution in [2.75, 3.05) is 19.3 Å². The molecule has 2 N–H and O–H groups in total. The van der Waals surface area contributed by atoms with Crippen molar-refractivity contribution >= 4 is 40.7 Å². The summed E-state index contributed by atoms with van der Waals surface area (Å²) >= 11 is 12.6. The lowest BCUT2D eigenvalue weighted by molar-refractivity contribution is 0.523. The highest BCUT2D eigenvalue weighted by molar-refractivity contribution is 7.98. The minimum Gasteiger partial charge on any atom is -0.429 e. The predicted molar refractivity (Wildman–Crippen MR) is 76.7 cm³/mol. The smallest absolute Gasteiger partial charge is 0.217 e. The molecule has 0 atom stereocenters. The van der Waals surface area contributed by atoms with Crippen molar-refractivity contribution in [1.29, 1.82) is 0 Å². The molecule has 4 nitrogen and oxygen atoms in total. The maximum Gasteiger partial charge on any atom is 0.217 e. The van der Waals surface area contributed by atoms with Gasteiger partial charge in [-0.3, -0.25) is 0 Å². The van der Waals surface area contributed by atoms with Crippen LogP contribution in [0.2, 0.25) is 5.22 Å². The number of halogens is 1. The third-order valence-electron chi connectivity index (χ3n) is 1.97. The molecular weight excluding hydrogens is 278 g/mol. The van der Waals surface area contributed by atoms with E-state index in [9.17, 15) is 0 Å². The van der Waals surface area contributed by atoms with E-state index in [4.69, 9.17) is 28.2 Å². The first-order valence-corrected chi connectivity index (χ1v) is 7.22. The summed E-state index contributed by atoms with van der Waals surface area (Å²) in [4.78, 5) is 4.20. The van der Waals surface area contributed by atoms with Gasteiger partial charge in [-0.2, -0.15) is 11.8 Å². The summed E-state index contributed by atoms with van der Waals surface area (Å²) < 4.78 is 5.14. The summed E-state index contributed by atoms with van der Waals surface area (Å²) in [6, 6.07) is 0. The topological polar surface area (TPSA) is 50.1 Å². The molecule has 0 amide bonds. The molecule has 0 saturated heterocycles. The Balaban J connectivity index is 2.08. The Labute approximate surface area is 116 Å². The van der Waals surface area contributed by atoms with Gasteiger partial charge < -0.3 is 15.1 Å². The molecular formula is C10H16ClN3OS2. The van der Waals surface area contributed by atoms with Crippen molar-refractivity contribution < 1.29 is 4.42 Å². The monoisotopic (exact) mass is 293 g/mol. The number of aromatic nitrogens is 1. The van der Waals surface area contributed by atoms with Crippen LogP contribution in [0.15, 0.2) is 4.42 Å². The number of hydrogen-bond acceptors (Lipinski definition) is 4. The Hall–Kier alpha value is -0.460. The van der Waals surface area contributed by atoms with Crippen LogP contribution in [0.1, 0.15) is 18.0 Å². The second kappa shape index (κ2) is 7.79. The average molecular weight is 294 g/mol. The zero-order valence-electron chi connectivity index (χ0n) is 9.88. The molecule has 7 heteroatoms. The molecule has 0 radical (unpaired) electrons. The minimum absolute atomic E-state index is 0.407. The molecule has 0 fully saturated rings. The van der Waals surface area contributed by atoms with E-state index >= 15 is 0 Å². The van der Waals surface area contributed by atoms with Gasteiger partial charge in [-0.1, -0.05) is 0 Å². The lowest BCUT2D eigenvalue weighted by Gasteiger charge is -2.05. The van der Waals surface area contributed by atoms with E-state index in [2.05, 4.69) is 15.6 Å². The summed E-state index contributed by atoms with van der Waals surface area (Å²) in [5.74, 6) is 2.43. The van der Waals surface area contributed by atoms with Gasteiger partial charge in [-0.15, -0.1) is 0 Å². The average Bonchev–Trinajstić information content (AvgIpc) is 2.62. The van der Waals surface area contributed by atoms with Crippen LogP contribution in [-0.2, 0) is 5.75 Å². The van der Waals surface area contributed by atoms with Gasteiger partial charge >= 0.3 is 0 Å². The molecule has 0 aliphatic heterocycles. The van der Waals surface area contributed by atoms with Gasteiger partial charge in [-0.25, -0.2) is 4.98 Å². The van der Waals surface area contributed by atoms with Gasteiger partial charge in [0.25, 0.3) is 0 Å². The Morgan fingerprint density at radius 1 is 1.59 bits per heavy atom. The molecule has 96 valence electrons. The van der Waals surface area contributed by atoms with E-state index < -0.39 is 0 Å². The fourth-order valence-electron chi connectivity index (χ4n) is 1.17. The van der Waals surface area contributed by atoms with Crippen molar-refractivity contribution in [2.45, 2.75) is 19.1 Å². The SMILES string of the molecule is CNC(=S)NCCCSCc1nc(C)oc1Cl. The maximum atomic E-state index is 5.87. The Bertz CT molecular complexity index is 370. The molecule has 0 aliphatic carbocycles. The molecule has 1 aromatic rings. The summed E-state index contributed by atoms with van der Waals surface area (Å²) in [5, 5.41) is 7.05. The van der Waals surface area contributed by atoms with Gasteiger partial charge in [-0.05, 0) is 36.0 Å². The van der Waals surface area contributed by atoms with Gasteiger partial charge in [0.05, 0.1) is 0 Å². The van der Waals surface area contributed by atoms with Crippen LogP contribution in [0.4, 0.5) is 0 Å². The highest BCUT2D eigenvalue weighted by Gasteiger charge is 2.07. The lowest BCUT2D eigenvalue weighted by atomic mass is 10.5. The Kier molecular flexibility index (Phi) is 6.69. The van der Waals surface area contributed by atoms with Crippen molar-refractivity contribution in [3.05, 3.63) is 16.8 Å². The number of hydrogen-bond donors (Lipinski definition) is 2. The molecule has 1 heterocycles. The summed E-state index contributed by atoms with van der Waals surface area (Å²) in [6.07, 6.45) is 1.04. The quantitative estimate of drug-likeness (QED) is 0.620. The van der Waals surface area contributed by atoms with Crippen LogP contribution in [0.25, 0.3) is 0 Å². The van der Waals surface area contributed by atoms with Crippen LogP contribution in [0, 0.1) is 6.92 Å². The third-order valence-corrected chi connectivity index (χ3v) is 3.67. The van der Waals surface area contributed by atoms with Crippen molar-refractivity contribution in [3.63, 3.8) is 0 Å². The van der Waals surface area contributed by atoms with Crippen molar-refractivity contribution in [3.8, 4) is 0 Å². The number of nitrogens with zero attached hydrogens (tertiary/aromatic N) is 1. The molecule has 17 heavy (non-hydrogen) atoms. The highest BCUT2D eigenvalue weighted by atomic mass is 35.5. The van der Waals surface area contributed by atoms with E-state index in [1.165, 1.54) is 0 Å². The van der Waals surface area contributed by atoms with Crippen LogP contribution in [0.3, 0.4) is 0 Å². The van der Waals surface area contributed by atoms with Crippen LogP contribution in [-0.4, -0.2) is 29.4 Å². The van der Waals surface area contributed by atoms with Gasteiger partial charge in [0.15, 0.2) is 11.0 Å². The number of oxazole rings is 1. The lowest BCUT2D eigenvalue weighted by Crippen LogP contribution is -2.33. The number of aryl methyl sites for hydroxylation is 1. The predicted octanol–water partition coefficient (Wildman–Crippen LogP) is 2.35. The molecule has 0 aromatic carbocycles. The van der Waals surface area contributed by atoms with E-state index in [0.717, 1.165) is 30.2 Å². The molecule has 0 saturated carbocycles. The number of thiocarbonyl (C=S) groups is 1. The first-order valence-electron chi connectivity index (χ1n) is 5.28. The molecule has 0 bridgehead atoms. The molecule has 0 spiro atoms. The van der Waals surface area contributed by atoms with Gasteiger partial charge in [0, 0.05) is 26.3 Å². The molecule has 1 aromatic heterocycles. The summed E-state index contributed by atoms with van der Waals surface area (Å²) in [7, 11) is 1.80. The van der Waals surface area contributed by atoms with Crippen LogP contribution in [0.5, 0.6) is 0 Å².